The first kappa shape index (κ1) is 84.4. The first-order valence-electron chi connectivity index (χ1n) is 34.2. The molecule has 1 saturated carbocycles. The molecule has 9 aromatic carbocycles. The smallest absolute Gasteiger partial charge is 0.466 e. The zero-order valence-electron chi connectivity index (χ0n) is 60.1. The van der Waals surface area contributed by atoms with E-state index in [0.29, 0.717) is 48.4 Å². The number of nitrogens with two attached hydrogens (primary N) is 5. The summed E-state index contributed by atoms with van der Waals surface area (Å²) in [4.78, 5) is 43.5. The van der Waals surface area contributed by atoms with Gasteiger partial charge in [-0.25, -0.2) is 46.9 Å². The van der Waals surface area contributed by atoms with Crippen molar-refractivity contribution in [2.45, 2.75) is 83.2 Å². The Kier molecular flexibility index (Phi) is 24.2. The van der Waals surface area contributed by atoms with E-state index in [9.17, 15) is 97.4 Å². The fourth-order valence-electron chi connectivity index (χ4n) is 12.1. The monoisotopic (exact) mass is 1660 g/mol. The van der Waals surface area contributed by atoms with Gasteiger partial charge in [0.2, 0.25) is 29.7 Å². The van der Waals surface area contributed by atoms with E-state index < -0.39 is 94.5 Å². The van der Waals surface area contributed by atoms with Crippen LogP contribution in [0.4, 0.5) is 118 Å². The van der Waals surface area contributed by atoms with Crippen molar-refractivity contribution in [2.75, 3.05) is 41.9 Å². The Labute approximate surface area is 644 Å². The van der Waals surface area contributed by atoms with E-state index in [1.807, 2.05) is 25.1 Å². The van der Waals surface area contributed by atoms with E-state index in [4.69, 9.17) is 38.1 Å². The summed E-state index contributed by atoms with van der Waals surface area (Å²) in [5.74, 6) is -6.69. The third-order valence-electron chi connectivity index (χ3n) is 17.4. The Hall–Kier alpha value is -13.5. The standard InChI is InChI=1S/C17H15F2N3O2.C15H8F7N3O.C15H9F6N3O.C15H19N3O2.C14H8F5N3/c1-2-24-14(23)9-10-3-8-13-16(15(10)19)22(17(20)21-13)12-6-4-11(18)5-7-12;16-9-6-8(2-4-12(9)26-15(20,21)22)25-11-5-7(14(17,18)19)1-3-10(11)24-13(25)23;16-14(17,18)8-1-6-11-12(7-8)24(13(22)23-11)9-2-4-10(5-3-9)25-15(19,20)21;1-2-20-14(19)9-10-6-7-12-13(8-10)18(15(16)17-12)11-4-3-5-11;15-9-3-2-8(6-10(9)16)22-12-5-7(14(17,18)19)1-4-11(12)21-13(22)20/h3-8H,2,9H2,1H3,(H2,20,21);1-6H,(H2,23,24);1-7H,(H2,22,23);6-8,11H,2-5,9H2,1H3,(H2,16,17);1-6H,(H2,20,21). The number of nitrogens with zero attached hydrogens (tertiary/aromatic N) is 10. The summed E-state index contributed by atoms with van der Waals surface area (Å²) in [7, 11) is 0. The lowest BCUT2D eigenvalue weighted by Gasteiger charge is -2.28. The number of carbonyl (C=O) groups is 2. The lowest BCUT2D eigenvalue weighted by atomic mass is 9.92. The number of aromatic nitrogens is 10. The second-order valence-electron chi connectivity index (χ2n) is 25.2. The first-order chi connectivity index (χ1) is 55.0. The predicted molar refractivity (Wildman–Crippen MR) is 388 cm³/mol. The van der Waals surface area contributed by atoms with Gasteiger partial charge in [0.25, 0.3) is 0 Å². The van der Waals surface area contributed by atoms with Gasteiger partial charge in [-0.05, 0) is 184 Å². The Balaban J connectivity index is 0.000000144. The third kappa shape index (κ3) is 19.6. The van der Waals surface area contributed by atoms with Gasteiger partial charge < -0.3 is 52.2 Å². The van der Waals surface area contributed by atoms with Crippen molar-refractivity contribution in [1.29, 1.82) is 0 Å². The van der Waals surface area contributed by atoms with Crippen LogP contribution in [0, 0.1) is 29.1 Å². The molecule has 41 heteroatoms. The average Bonchev–Trinajstić information content (AvgIpc) is 1.66. The summed E-state index contributed by atoms with van der Waals surface area (Å²) < 4.78 is 281. The number of nitrogen functional groups attached to an aromatic ring is 5. The minimum atomic E-state index is -5.09. The number of ether oxygens (including phenoxy) is 4. The fourth-order valence-corrected chi connectivity index (χ4v) is 12.1. The number of benzene rings is 9. The second kappa shape index (κ2) is 33.5. The Morgan fingerprint density at radius 2 is 0.803 bits per heavy atom. The van der Waals surface area contributed by atoms with Crippen LogP contribution >= 0.6 is 0 Å². The highest BCUT2D eigenvalue weighted by Gasteiger charge is 2.36. The quantitative estimate of drug-likeness (QED) is 0.0529. The first-order valence-corrected chi connectivity index (χ1v) is 34.2. The number of carbonyl (C=O) groups excluding carboxylic acids is 2. The summed E-state index contributed by atoms with van der Waals surface area (Å²) in [5.41, 5.74) is 31.1. The van der Waals surface area contributed by atoms with E-state index >= 15 is 0 Å². The minimum absolute atomic E-state index is 0.0540. The number of hydrogen-bond donors (Lipinski definition) is 5. The molecule has 0 bridgehead atoms. The van der Waals surface area contributed by atoms with Gasteiger partial charge in [-0.15, -0.1) is 26.3 Å². The largest absolute Gasteiger partial charge is 0.573 e. The van der Waals surface area contributed by atoms with Crippen LogP contribution in [0.25, 0.3) is 77.9 Å². The maximum Gasteiger partial charge on any atom is 0.573 e. The Bertz CT molecular complexity index is 5990. The van der Waals surface area contributed by atoms with Crippen LogP contribution in [0.15, 0.2) is 170 Å². The van der Waals surface area contributed by atoms with Gasteiger partial charge in [0.15, 0.2) is 29.0 Å². The summed E-state index contributed by atoms with van der Waals surface area (Å²) in [6, 6.07) is 33.1. The van der Waals surface area contributed by atoms with Crippen LogP contribution in [0.5, 0.6) is 11.5 Å². The number of imidazole rings is 5. The predicted octanol–water partition coefficient (Wildman–Crippen LogP) is 18.5. The molecule has 0 spiro atoms. The van der Waals surface area contributed by atoms with Gasteiger partial charge in [0, 0.05) is 35.1 Å². The van der Waals surface area contributed by atoms with Gasteiger partial charge in [-0.1, -0.05) is 12.1 Å². The maximum absolute atomic E-state index is 14.9. The van der Waals surface area contributed by atoms with Crippen LogP contribution in [0.3, 0.4) is 0 Å². The van der Waals surface area contributed by atoms with Crippen molar-refractivity contribution >= 4 is 96.8 Å². The van der Waals surface area contributed by atoms with Crippen LogP contribution in [0.2, 0.25) is 0 Å². The Morgan fingerprint density at radius 3 is 1.26 bits per heavy atom. The molecule has 10 N–H and O–H groups in total. The van der Waals surface area contributed by atoms with Crippen molar-refractivity contribution < 1.29 is 116 Å². The summed E-state index contributed by atoms with van der Waals surface area (Å²) in [6.45, 7) is 4.13. The molecule has 0 aliphatic heterocycles. The molecule has 1 aliphatic rings. The molecule has 614 valence electrons. The highest BCUT2D eigenvalue weighted by Crippen LogP contribution is 2.40. The van der Waals surface area contributed by atoms with E-state index in [2.05, 4.69) is 39.0 Å². The van der Waals surface area contributed by atoms with Crippen molar-refractivity contribution in [3.63, 3.8) is 0 Å². The highest BCUT2D eigenvalue weighted by atomic mass is 19.4. The van der Waals surface area contributed by atoms with E-state index in [-0.39, 0.29) is 104 Å². The summed E-state index contributed by atoms with van der Waals surface area (Å²) in [6.07, 6.45) is -20.0. The average molecular weight is 1660 g/mol. The van der Waals surface area contributed by atoms with Crippen molar-refractivity contribution in [3.05, 3.63) is 227 Å². The molecule has 5 heterocycles. The molecular weight excluding hydrogens is 1600 g/mol. The van der Waals surface area contributed by atoms with Crippen LogP contribution in [0.1, 0.15) is 67.0 Å². The van der Waals surface area contributed by atoms with Crippen LogP contribution in [-0.2, 0) is 50.4 Å². The summed E-state index contributed by atoms with van der Waals surface area (Å²) >= 11 is 0. The van der Waals surface area contributed by atoms with Gasteiger partial charge in [-0.3, -0.25) is 27.9 Å². The number of anilines is 5. The molecule has 5 aromatic heterocycles. The maximum atomic E-state index is 14.9. The molecule has 0 atom stereocenters. The molecule has 0 amide bonds. The summed E-state index contributed by atoms with van der Waals surface area (Å²) in [5, 5.41) is 0. The molecule has 1 fully saturated rings. The zero-order valence-corrected chi connectivity index (χ0v) is 60.1. The molecule has 0 unspecified atom stereocenters. The number of fused-ring (bicyclic) bond motifs is 5. The number of hydrogen-bond acceptors (Lipinski definition) is 16. The highest BCUT2D eigenvalue weighted by molar-refractivity contribution is 5.87. The Morgan fingerprint density at radius 1 is 0.402 bits per heavy atom. The van der Waals surface area contributed by atoms with Gasteiger partial charge in [0.05, 0.1) is 104 Å². The molecule has 21 nitrogen and oxygen atoms in total. The molecule has 15 rings (SSSR count). The van der Waals surface area contributed by atoms with E-state index in [0.717, 1.165) is 111 Å². The minimum Gasteiger partial charge on any atom is -0.466 e. The SMILES string of the molecule is CCOC(=O)Cc1ccc2nc(N)n(-c3ccc(F)cc3)c2c1F.CCOC(=O)Cc1ccc2nc(N)n(C3CCC3)c2c1.Nc1nc2ccc(C(F)(F)F)cc2n1-c1ccc(F)c(F)c1.Nc1nc2ccc(C(F)(F)F)cc2n1-c1ccc(OC(F)(F)F)c(F)c1.Nc1nc2ccc(C(F)(F)F)cc2n1-c1ccc(OC(F)(F)F)cc1. The van der Waals surface area contributed by atoms with Gasteiger partial charge in [-0.2, -0.15) is 39.5 Å². The van der Waals surface area contributed by atoms with Crippen LogP contribution in [-0.4, -0.2) is 85.6 Å². The van der Waals surface area contributed by atoms with Gasteiger partial charge >= 0.3 is 43.2 Å². The number of halogens is 20. The molecular formula is C76H59F20N15O6. The molecule has 0 saturated heterocycles. The fraction of sp³-hybridized carbons (Fsp3) is 0.197. The number of rotatable bonds is 13. The second-order valence-corrected chi connectivity index (χ2v) is 25.2. The van der Waals surface area contributed by atoms with Crippen molar-refractivity contribution in [3.8, 4) is 34.2 Å². The molecule has 14 aromatic rings. The van der Waals surface area contributed by atoms with Crippen LogP contribution < -0.4 is 38.1 Å². The van der Waals surface area contributed by atoms with Gasteiger partial charge in [0.1, 0.15) is 17.1 Å². The number of alkyl halides is 15. The normalized spacial score (nSPS) is 12.6. The van der Waals surface area contributed by atoms with E-state index in [1.165, 1.54) is 76.2 Å². The molecule has 117 heavy (non-hydrogen) atoms. The lowest BCUT2D eigenvalue weighted by molar-refractivity contribution is -0.276. The number of esters is 2. The topological polar surface area (TPSA) is 290 Å². The van der Waals surface area contributed by atoms with Crippen molar-refractivity contribution in [1.82, 2.24) is 47.8 Å². The molecule has 0 radical (unpaired) electrons. The van der Waals surface area contributed by atoms with E-state index in [1.54, 1.807) is 13.0 Å². The third-order valence-corrected chi connectivity index (χ3v) is 17.4. The molecule has 1 aliphatic carbocycles. The van der Waals surface area contributed by atoms with Crippen molar-refractivity contribution in [2.24, 2.45) is 0 Å². The zero-order chi connectivity index (χ0) is 85.1. The lowest BCUT2D eigenvalue weighted by Crippen LogP contribution is -2.18.